The predicted octanol–water partition coefficient (Wildman–Crippen LogP) is 10.4. The Labute approximate surface area is 356 Å². The van der Waals surface area contributed by atoms with E-state index >= 15 is 4.79 Å². The number of nitrogens with zero attached hydrogens (tertiary/aromatic N) is 4. The highest BCUT2D eigenvalue weighted by Gasteiger charge is 2.57. The Morgan fingerprint density at radius 3 is 1.95 bits per heavy atom. The minimum Gasteiger partial charge on any atom is -0.456 e. The molecule has 0 saturated carbocycles. The number of aryl methyl sites for hydroxylation is 2. The lowest BCUT2D eigenvalue weighted by atomic mass is 9.74. The van der Waals surface area contributed by atoms with Crippen molar-refractivity contribution in [3.8, 4) is 22.6 Å². The van der Waals surface area contributed by atoms with Crippen LogP contribution in [-0.2, 0) is 5.54 Å². The summed E-state index contributed by atoms with van der Waals surface area (Å²) in [5.41, 5.74) is 18.5. The molecule has 0 bridgehead atoms. The minimum absolute atomic E-state index is 0.208. The molecule has 1 amide bonds. The lowest BCUT2D eigenvalue weighted by Crippen LogP contribution is -2.56. The van der Waals surface area contributed by atoms with Crippen LogP contribution >= 0.6 is 12.2 Å². The number of anilines is 3. The van der Waals surface area contributed by atoms with Gasteiger partial charge in [-0.25, -0.2) is 5.01 Å². The molecular formula is C50H47N7O2S. The molecule has 10 heteroatoms. The number of ether oxygens (including phenoxy) is 1. The van der Waals surface area contributed by atoms with E-state index in [9.17, 15) is 0 Å². The Bertz CT molecular complexity index is 2770. The van der Waals surface area contributed by atoms with Gasteiger partial charge in [0.1, 0.15) is 17.0 Å². The number of carbonyl (C=O) groups is 1. The number of carbonyl (C=O) groups excluding carboxylic acids is 1. The first-order valence-corrected chi connectivity index (χ1v) is 20.4. The third-order valence-electron chi connectivity index (χ3n) is 11.6. The molecule has 1 spiro atoms. The van der Waals surface area contributed by atoms with Crippen LogP contribution < -0.4 is 25.3 Å². The van der Waals surface area contributed by atoms with Crippen molar-refractivity contribution in [2.45, 2.75) is 33.2 Å². The van der Waals surface area contributed by atoms with Crippen molar-refractivity contribution in [2.75, 3.05) is 43.3 Å². The zero-order valence-corrected chi connectivity index (χ0v) is 35.9. The summed E-state index contributed by atoms with van der Waals surface area (Å²) in [6, 6.07) is 39.0. The third-order valence-corrected chi connectivity index (χ3v) is 11.8. The van der Waals surface area contributed by atoms with Crippen LogP contribution in [0.3, 0.4) is 0 Å². The number of aliphatic imine (C=N–C) groups is 1. The molecule has 60 heavy (non-hydrogen) atoms. The number of amides is 1. The maximum atomic E-state index is 15.0. The van der Waals surface area contributed by atoms with Gasteiger partial charge in [-0.1, -0.05) is 60.7 Å². The number of hydrogen-bond acceptors (Lipinski definition) is 6. The standard InChI is InChI=1S/C50H47N7O2S/c1-29-24-31(3)51-46(29)45(47-30(2)25-32(4)52-47)34-16-14-33(15-17-34)35-18-21-39-42(26-35)50(57(48(39)58)54-49(60)53-36-12-10-9-11-13-36)40-22-19-37(55(5)6)27-43(40)59-44-28-38(56(7)8)20-23-41(44)50/h9-28,51H,1-8H3,(H2,53,54,60)/b47-45-. The van der Waals surface area contributed by atoms with Gasteiger partial charge >= 0.3 is 0 Å². The molecule has 6 aromatic rings. The highest BCUT2D eigenvalue weighted by molar-refractivity contribution is 7.80. The second kappa shape index (κ2) is 14.7. The van der Waals surface area contributed by atoms with Crippen molar-refractivity contribution in [3.05, 3.63) is 177 Å². The number of hydrazine groups is 1. The first-order valence-electron chi connectivity index (χ1n) is 20.0. The SMILES string of the molecule is CC1=CC(C)=N/C1=C(/c1ccc(-c2ccc3c(c2)C2(c4ccc(N(C)C)cc4Oc4cc(N(C)C)ccc42)N(NC(=S)Nc2ccccc2)C3=O)cc1)c1[nH]c(C)cc1C. The molecular weight excluding hydrogens is 763 g/mol. The molecule has 0 unspecified atom stereocenters. The number of fused-ring (bicyclic) bond motifs is 6. The summed E-state index contributed by atoms with van der Waals surface area (Å²) in [5.74, 6) is 1.09. The summed E-state index contributed by atoms with van der Waals surface area (Å²) >= 11 is 5.95. The maximum absolute atomic E-state index is 15.0. The highest BCUT2D eigenvalue weighted by Crippen LogP contribution is 2.58. The van der Waals surface area contributed by atoms with E-state index in [-0.39, 0.29) is 11.0 Å². The Morgan fingerprint density at radius 2 is 1.38 bits per heavy atom. The zero-order chi connectivity index (χ0) is 42.0. The van der Waals surface area contributed by atoms with Gasteiger partial charge in [0.2, 0.25) is 0 Å². The molecule has 9 nitrogen and oxygen atoms in total. The number of aromatic amines is 1. The quantitative estimate of drug-likeness (QED) is 0.138. The molecule has 5 aromatic carbocycles. The Balaban J connectivity index is 1.22. The lowest BCUT2D eigenvalue weighted by molar-refractivity contribution is 0.0595. The molecule has 9 rings (SSSR count). The molecule has 300 valence electrons. The molecule has 1 aromatic heterocycles. The van der Waals surface area contributed by atoms with Gasteiger partial charge < -0.3 is 24.8 Å². The van der Waals surface area contributed by atoms with Gasteiger partial charge in [-0.3, -0.25) is 15.2 Å². The summed E-state index contributed by atoms with van der Waals surface area (Å²) in [5, 5.41) is 5.26. The summed E-state index contributed by atoms with van der Waals surface area (Å²) in [6.45, 7) is 8.38. The number of benzene rings is 5. The van der Waals surface area contributed by atoms with E-state index in [1.165, 1.54) is 5.56 Å². The van der Waals surface area contributed by atoms with E-state index in [1.54, 1.807) is 5.01 Å². The van der Waals surface area contributed by atoms with Crippen molar-refractivity contribution in [1.82, 2.24) is 15.4 Å². The van der Waals surface area contributed by atoms with E-state index in [1.807, 2.05) is 99.5 Å². The van der Waals surface area contributed by atoms with Crippen LogP contribution in [0.4, 0.5) is 17.1 Å². The van der Waals surface area contributed by atoms with Crippen LogP contribution in [0.25, 0.3) is 16.7 Å². The summed E-state index contributed by atoms with van der Waals surface area (Å²) < 4.78 is 6.81. The summed E-state index contributed by atoms with van der Waals surface area (Å²) in [4.78, 5) is 27.7. The van der Waals surface area contributed by atoms with Gasteiger partial charge in [0.15, 0.2) is 5.11 Å². The van der Waals surface area contributed by atoms with E-state index in [4.69, 9.17) is 21.9 Å². The van der Waals surface area contributed by atoms with Gasteiger partial charge in [-0.2, -0.15) is 0 Å². The van der Waals surface area contributed by atoms with Crippen LogP contribution in [0.1, 0.15) is 63.4 Å². The topological polar surface area (TPSA) is 88.2 Å². The minimum atomic E-state index is -1.17. The number of H-pyrrole nitrogens is 1. The molecule has 3 N–H and O–H groups in total. The number of rotatable bonds is 7. The number of nitrogens with one attached hydrogen (secondary N) is 3. The second-order valence-corrected chi connectivity index (χ2v) is 16.6. The van der Waals surface area contributed by atoms with Crippen LogP contribution in [0.5, 0.6) is 11.5 Å². The zero-order valence-electron chi connectivity index (χ0n) is 35.1. The van der Waals surface area contributed by atoms with Crippen LogP contribution in [-0.4, -0.2) is 54.9 Å². The molecule has 0 radical (unpaired) electrons. The Hall–Kier alpha value is -6.91. The maximum Gasteiger partial charge on any atom is 0.274 e. The van der Waals surface area contributed by atoms with Crippen molar-refractivity contribution in [3.63, 3.8) is 0 Å². The van der Waals surface area contributed by atoms with E-state index in [2.05, 4.69) is 103 Å². The molecule has 3 aliphatic rings. The summed E-state index contributed by atoms with van der Waals surface area (Å²) in [6.07, 6.45) is 2.13. The number of thiocarbonyl (C=S) groups is 1. The molecule has 0 saturated heterocycles. The van der Waals surface area contributed by atoms with Gasteiger partial charge in [0.05, 0.1) is 11.4 Å². The van der Waals surface area contributed by atoms with Crippen LogP contribution in [0.15, 0.2) is 138 Å². The van der Waals surface area contributed by atoms with Crippen molar-refractivity contribution < 1.29 is 9.53 Å². The number of hydrogen-bond donors (Lipinski definition) is 3. The first kappa shape index (κ1) is 38.6. The third kappa shape index (κ3) is 6.35. The van der Waals surface area contributed by atoms with Crippen molar-refractivity contribution in [1.29, 1.82) is 0 Å². The van der Waals surface area contributed by atoms with Gasteiger partial charge in [0, 0.05) is 96.6 Å². The molecule has 0 aliphatic carbocycles. The normalized spacial score (nSPS) is 15.4. The number of aromatic nitrogens is 1. The van der Waals surface area contributed by atoms with Crippen LogP contribution in [0.2, 0.25) is 0 Å². The fraction of sp³-hybridized carbons (Fsp3) is 0.180. The predicted molar refractivity (Wildman–Crippen MR) is 248 cm³/mol. The first-order chi connectivity index (χ1) is 28.8. The molecule has 3 aliphatic heterocycles. The fourth-order valence-electron chi connectivity index (χ4n) is 8.81. The van der Waals surface area contributed by atoms with E-state index in [0.717, 1.165) is 84.4 Å². The highest BCUT2D eigenvalue weighted by atomic mass is 32.1. The second-order valence-electron chi connectivity index (χ2n) is 16.2. The van der Waals surface area contributed by atoms with Gasteiger partial charge in [0.25, 0.3) is 5.91 Å². The number of para-hydroxylation sites is 1. The average Bonchev–Trinajstić information content (AvgIpc) is 3.83. The lowest BCUT2D eigenvalue weighted by Gasteiger charge is -2.44. The van der Waals surface area contributed by atoms with Gasteiger partial charge in [-0.15, -0.1) is 0 Å². The van der Waals surface area contributed by atoms with Crippen molar-refractivity contribution >= 4 is 51.6 Å². The number of allylic oxidation sites excluding steroid dienone is 2. The fourth-order valence-corrected chi connectivity index (χ4v) is 9.02. The smallest absolute Gasteiger partial charge is 0.274 e. The van der Waals surface area contributed by atoms with Crippen molar-refractivity contribution in [2.24, 2.45) is 4.99 Å². The Kier molecular flexibility index (Phi) is 9.47. The van der Waals surface area contributed by atoms with E-state index < -0.39 is 5.54 Å². The molecule has 4 heterocycles. The molecule has 0 fully saturated rings. The summed E-state index contributed by atoms with van der Waals surface area (Å²) in [7, 11) is 8.02. The largest absolute Gasteiger partial charge is 0.456 e. The Morgan fingerprint density at radius 1 is 0.750 bits per heavy atom. The van der Waals surface area contributed by atoms with Gasteiger partial charge in [-0.05, 0) is 116 Å². The van der Waals surface area contributed by atoms with E-state index in [0.29, 0.717) is 17.1 Å². The average molecular weight is 810 g/mol. The monoisotopic (exact) mass is 809 g/mol. The molecule has 0 atom stereocenters. The van der Waals surface area contributed by atoms with Crippen LogP contribution in [0, 0.1) is 13.8 Å².